The summed E-state index contributed by atoms with van der Waals surface area (Å²) in [7, 11) is 0. The maximum atomic E-state index is 13.2. The number of amides is 1. The predicted octanol–water partition coefficient (Wildman–Crippen LogP) is 5.70. The van der Waals surface area contributed by atoms with Gasteiger partial charge in [0.05, 0.1) is 18.2 Å². The second kappa shape index (κ2) is 11.5. The molecule has 2 saturated carbocycles. The third kappa shape index (κ3) is 6.20. The van der Waals surface area contributed by atoms with Crippen molar-refractivity contribution in [1.29, 1.82) is 0 Å². The minimum absolute atomic E-state index is 0.115. The monoisotopic (exact) mass is 481 g/mol. The molecule has 2 fully saturated rings. The first kappa shape index (κ1) is 24.2. The molecular formula is C31H35N3O2. The summed E-state index contributed by atoms with van der Waals surface area (Å²) in [6, 6.07) is 21.4. The molecule has 0 spiro atoms. The molecule has 1 amide bonds. The molecule has 2 aromatic carbocycles. The Bertz CT molecular complexity index is 1240. The van der Waals surface area contributed by atoms with Gasteiger partial charge in [0.2, 0.25) is 5.91 Å². The van der Waals surface area contributed by atoms with Gasteiger partial charge in [-0.25, -0.2) is 4.68 Å². The normalized spacial score (nSPS) is 16.9. The fourth-order valence-corrected chi connectivity index (χ4v) is 5.22. The Labute approximate surface area is 213 Å². The number of rotatable bonds is 10. The third-order valence-corrected chi connectivity index (χ3v) is 7.40. The van der Waals surface area contributed by atoms with Crippen LogP contribution in [0, 0.1) is 11.8 Å². The maximum absolute atomic E-state index is 13.2. The number of hydrogen-bond donors (Lipinski definition) is 1. The Morgan fingerprint density at radius 2 is 1.72 bits per heavy atom. The molecule has 5 heteroatoms. The van der Waals surface area contributed by atoms with E-state index in [1.54, 1.807) is 12.1 Å². The number of aromatic nitrogens is 2. The predicted molar refractivity (Wildman–Crippen MR) is 144 cm³/mol. The molecule has 1 atom stereocenters. The van der Waals surface area contributed by atoms with E-state index in [9.17, 15) is 9.59 Å². The lowest BCUT2D eigenvalue weighted by molar-refractivity contribution is -0.123. The van der Waals surface area contributed by atoms with Crippen LogP contribution in [0.1, 0.15) is 62.0 Å². The van der Waals surface area contributed by atoms with E-state index in [1.807, 2.05) is 42.5 Å². The van der Waals surface area contributed by atoms with Crippen LogP contribution in [0.5, 0.6) is 0 Å². The molecule has 186 valence electrons. The molecular weight excluding hydrogens is 446 g/mol. The van der Waals surface area contributed by atoms with Crippen LogP contribution in [0.2, 0.25) is 0 Å². The molecule has 0 aliphatic heterocycles. The number of carbonyl (C=O) groups is 1. The molecule has 36 heavy (non-hydrogen) atoms. The van der Waals surface area contributed by atoms with Gasteiger partial charge >= 0.3 is 0 Å². The van der Waals surface area contributed by atoms with Crippen molar-refractivity contribution in [3.05, 3.63) is 100 Å². The van der Waals surface area contributed by atoms with Gasteiger partial charge < -0.3 is 5.32 Å². The Morgan fingerprint density at radius 1 is 0.972 bits per heavy atom. The average Bonchev–Trinajstić information content (AvgIpc) is 3.58. The molecule has 1 heterocycles. The summed E-state index contributed by atoms with van der Waals surface area (Å²) in [5, 5.41) is 7.77. The zero-order chi connectivity index (χ0) is 24.7. The fraction of sp³-hybridized carbons (Fsp3) is 0.387. The smallest absolute Gasteiger partial charge is 0.267 e. The first-order valence-corrected chi connectivity index (χ1v) is 13.3. The topological polar surface area (TPSA) is 64.0 Å². The van der Waals surface area contributed by atoms with Crippen LogP contribution in [0.4, 0.5) is 0 Å². The number of nitrogens with one attached hydrogen (secondary N) is 1. The van der Waals surface area contributed by atoms with Gasteiger partial charge in [-0.2, -0.15) is 5.10 Å². The molecule has 0 bridgehead atoms. The van der Waals surface area contributed by atoms with E-state index < -0.39 is 0 Å². The largest absolute Gasteiger partial charge is 0.355 e. The average molecular weight is 482 g/mol. The van der Waals surface area contributed by atoms with Crippen molar-refractivity contribution in [3.63, 3.8) is 0 Å². The first-order chi connectivity index (χ1) is 17.7. The number of benzene rings is 2. The van der Waals surface area contributed by atoms with Gasteiger partial charge in [0.25, 0.3) is 5.56 Å². The molecule has 1 N–H and O–H groups in total. The fourth-order valence-electron chi connectivity index (χ4n) is 5.22. The van der Waals surface area contributed by atoms with Crippen LogP contribution >= 0.6 is 0 Å². The summed E-state index contributed by atoms with van der Waals surface area (Å²) < 4.78 is 1.51. The van der Waals surface area contributed by atoms with Crippen molar-refractivity contribution >= 4 is 5.91 Å². The van der Waals surface area contributed by atoms with Crippen molar-refractivity contribution in [2.24, 2.45) is 11.8 Å². The summed E-state index contributed by atoms with van der Waals surface area (Å²) in [6.45, 7) is 1.09. The highest BCUT2D eigenvalue weighted by Gasteiger charge is 2.31. The van der Waals surface area contributed by atoms with Crippen LogP contribution in [0.25, 0.3) is 11.3 Å². The molecule has 3 aromatic rings. The van der Waals surface area contributed by atoms with Crippen molar-refractivity contribution < 1.29 is 4.79 Å². The number of nitrogens with zero attached hydrogens (tertiary/aromatic N) is 2. The van der Waals surface area contributed by atoms with Gasteiger partial charge in [-0.15, -0.1) is 0 Å². The second-order valence-electron chi connectivity index (χ2n) is 10.2. The molecule has 0 saturated heterocycles. The van der Waals surface area contributed by atoms with Gasteiger partial charge in [0.15, 0.2) is 0 Å². The quantitative estimate of drug-likeness (QED) is 0.298. The Balaban J connectivity index is 1.27. The van der Waals surface area contributed by atoms with E-state index in [-0.39, 0.29) is 17.4 Å². The Kier molecular flexibility index (Phi) is 7.75. The lowest BCUT2D eigenvalue weighted by atomic mass is 9.83. The molecule has 0 radical (unpaired) electrons. The van der Waals surface area contributed by atoms with Crippen LogP contribution in [0.3, 0.4) is 0 Å². The van der Waals surface area contributed by atoms with Crippen molar-refractivity contribution in [2.45, 2.75) is 57.4 Å². The summed E-state index contributed by atoms with van der Waals surface area (Å²) in [5.41, 5.74) is 3.69. The Morgan fingerprint density at radius 3 is 2.44 bits per heavy atom. The molecule has 5 nitrogen and oxygen atoms in total. The van der Waals surface area contributed by atoms with Gasteiger partial charge in [0.1, 0.15) is 0 Å². The van der Waals surface area contributed by atoms with Crippen LogP contribution < -0.4 is 10.9 Å². The van der Waals surface area contributed by atoms with Gasteiger partial charge in [-0.05, 0) is 61.1 Å². The lowest BCUT2D eigenvalue weighted by Crippen LogP contribution is -2.33. The highest BCUT2D eigenvalue weighted by atomic mass is 16.2. The SMILES string of the molecule is O=C(NCC/C=C/C1CC1)C(c1ccc(Cn2nc(-c3ccccc3)ccc2=O)cc1)C1CCCC1. The zero-order valence-electron chi connectivity index (χ0n) is 20.8. The van der Waals surface area contributed by atoms with Crippen LogP contribution in [0.15, 0.2) is 83.7 Å². The highest BCUT2D eigenvalue weighted by Crippen LogP contribution is 2.37. The summed E-state index contributed by atoms with van der Waals surface area (Å²) in [5.74, 6) is 1.20. The van der Waals surface area contributed by atoms with Gasteiger partial charge in [0, 0.05) is 18.2 Å². The van der Waals surface area contributed by atoms with Gasteiger partial charge in [-0.3, -0.25) is 9.59 Å². The van der Waals surface area contributed by atoms with E-state index in [0.717, 1.165) is 47.6 Å². The van der Waals surface area contributed by atoms with Crippen molar-refractivity contribution in [3.8, 4) is 11.3 Å². The zero-order valence-corrected chi connectivity index (χ0v) is 20.8. The van der Waals surface area contributed by atoms with Crippen molar-refractivity contribution in [1.82, 2.24) is 15.1 Å². The summed E-state index contributed by atoms with van der Waals surface area (Å²) >= 11 is 0. The Hall–Kier alpha value is -3.47. The second-order valence-corrected chi connectivity index (χ2v) is 10.2. The lowest BCUT2D eigenvalue weighted by Gasteiger charge is -2.23. The van der Waals surface area contributed by atoms with Crippen LogP contribution in [-0.4, -0.2) is 22.2 Å². The number of hydrogen-bond acceptors (Lipinski definition) is 3. The van der Waals surface area contributed by atoms with E-state index in [1.165, 1.54) is 30.4 Å². The van der Waals surface area contributed by atoms with E-state index in [4.69, 9.17) is 0 Å². The highest BCUT2D eigenvalue weighted by molar-refractivity contribution is 5.84. The van der Waals surface area contributed by atoms with E-state index in [0.29, 0.717) is 19.0 Å². The summed E-state index contributed by atoms with van der Waals surface area (Å²) in [6.07, 6.45) is 12.6. The van der Waals surface area contributed by atoms with E-state index >= 15 is 0 Å². The standard InChI is InChI=1S/C31H35N3O2/c35-29-20-19-28(25-9-2-1-3-10-25)33-34(29)22-24-15-17-27(18-16-24)30(26-11-4-5-12-26)31(36)32-21-7-6-8-23-13-14-23/h1-3,6,8-10,15-20,23,26,30H,4-5,7,11-14,21-22H2,(H,32,36)/b8-6+. The number of allylic oxidation sites excluding steroid dienone is 1. The summed E-state index contributed by atoms with van der Waals surface area (Å²) in [4.78, 5) is 25.7. The minimum Gasteiger partial charge on any atom is -0.355 e. The molecule has 2 aliphatic carbocycles. The van der Waals surface area contributed by atoms with Crippen molar-refractivity contribution in [2.75, 3.05) is 6.54 Å². The number of carbonyl (C=O) groups excluding carboxylic acids is 1. The molecule has 1 aromatic heterocycles. The first-order valence-electron chi connectivity index (χ1n) is 13.3. The van der Waals surface area contributed by atoms with E-state index in [2.05, 4.69) is 34.7 Å². The molecule has 2 aliphatic rings. The molecule has 1 unspecified atom stereocenters. The van der Waals surface area contributed by atoms with Crippen LogP contribution in [-0.2, 0) is 11.3 Å². The third-order valence-electron chi connectivity index (χ3n) is 7.40. The minimum atomic E-state index is -0.127. The van der Waals surface area contributed by atoms with Gasteiger partial charge in [-0.1, -0.05) is 79.6 Å². The molecule has 5 rings (SSSR count). The maximum Gasteiger partial charge on any atom is 0.267 e.